The molecule has 0 heterocycles. The van der Waals surface area contributed by atoms with E-state index in [1.807, 2.05) is 18.2 Å². The van der Waals surface area contributed by atoms with Gasteiger partial charge >= 0.3 is 0 Å². The van der Waals surface area contributed by atoms with E-state index in [1.54, 1.807) is 6.07 Å². The summed E-state index contributed by atoms with van der Waals surface area (Å²) in [5, 5.41) is 0. The van der Waals surface area contributed by atoms with Crippen molar-refractivity contribution < 1.29 is 9.00 Å². The molecule has 4 heteroatoms. The fourth-order valence-electron chi connectivity index (χ4n) is 0.976. The molecule has 0 N–H and O–H groups in total. The average molecular weight is 275 g/mol. The predicted octanol–water partition coefficient (Wildman–Crippen LogP) is 2.54. The number of carbonyl (C=O) groups is 1. The molecule has 1 aromatic rings. The van der Waals surface area contributed by atoms with Crippen LogP contribution in [0.15, 0.2) is 33.6 Å². The first-order valence-corrected chi connectivity index (χ1v) is 6.35. The van der Waals surface area contributed by atoms with Crippen LogP contribution in [0.25, 0.3) is 0 Å². The van der Waals surface area contributed by atoms with E-state index in [0.29, 0.717) is 12.2 Å². The zero-order valence-electron chi connectivity index (χ0n) is 7.83. The fraction of sp³-hybridized carbons (Fsp3) is 0.300. The molecule has 14 heavy (non-hydrogen) atoms. The number of rotatable bonds is 4. The molecule has 0 bridgehead atoms. The zero-order chi connectivity index (χ0) is 10.6. The lowest BCUT2D eigenvalue weighted by atomic mass is 10.4. The number of hydrogen-bond acceptors (Lipinski definition) is 2. The second kappa shape index (κ2) is 5.41. The van der Waals surface area contributed by atoms with Gasteiger partial charge in [0.15, 0.2) is 0 Å². The maximum atomic E-state index is 11.7. The monoisotopic (exact) mass is 274 g/mol. The number of hydrogen-bond donors (Lipinski definition) is 0. The van der Waals surface area contributed by atoms with Gasteiger partial charge in [-0.05, 0) is 35.0 Å². The van der Waals surface area contributed by atoms with Crippen molar-refractivity contribution in [1.82, 2.24) is 0 Å². The Balaban J connectivity index is 2.70. The minimum absolute atomic E-state index is 0.0744. The average Bonchev–Trinajstić information content (AvgIpc) is 2.15. The summed E-state index contributed by atoms with van der Waals surface area (Å²) in [6.45, 7) is 1.51. The van der Waals surface area contributed by atoms with E-state index in [-0.39, 0.29) is 5.78 Å². The minimum atomic E-state index is -1.08. The Labute approximate surface area is 94.3 Å². The van der Waals surface area contributed by atoms with Crippen molar-refractivity contribution in [2.24, 2.45) is 0 Å². The number of ketones is 1. The maximum absolute atomic E-state index is 11.7. The molecule has 2 nitrogen and oxygen atoms in total. The maximum Gasteiger partial charge on any atom is 0.130 e. The smallest absolute Gasteiger partial charge is 0.130 e. The first-order valence-electron chi connectivity index (χ1n) is 4.23. The van der Waals surface area contributed by atoms with Gasteiger partial charge < -0.3 is 0 Å². The minimum Gasteiger partial charge on any atom is -0.300 e. The summed E-state index contributed by atoms with van der Waals surface area (Å²) in [5.74, 6) is 0.475. The second-order valence-corrected chi connectivity index (χ2v) is 5.33. The third-order valence-electron chi connectivity index (χ3n) is 1.72. The van der Waals surface area contributed by atoms with Gasteiger partial charge in [0.1, 0.15) is 5.78 Å². The van der Waals surface area contributed by atoms with E-state index in [0.717, 1.165) is 9.37 Å². The predicted molar refractivity (Wildman–Crippen MR) is 60.7 cm³/mol. The molecule has 1 atom stereocenters. The number of benzene rings is 1. The standard InChI is InChI=1S/C10H11BrO2S/c1-8(12)6-7-14(13)10-5-3-2-4-9(10)11/h2-5H,6-7H2,1H3. The van der Waals surface area contributed by atoms with E-state index >= 15 is 0 Å². The summed E-state index contributed by atoms with van der Waals surface area (Å²) in [7, 11) is -1.08. The number of carbonyl (C=O) groups excluding carboxylic acids is 1. The van der Waals surface area contributed by atoms with Crippen LogP contribution >= 0.6 is 15.9 Å². The summed E-state index contributed by atoms with van der Waals surface area (Å²) in [6, 6.07) is 7.36. The van der Waals surface area contributed by atoms with E-state index < -0.39 is 10.8 Å². The van der Waals surface area contributed by atoms with E-state index in [9.17, 15) is 9.00 Å². The van der Waals surface area contributed by atoms with Crippen LogP contribution in [0.4, 0.5) is 0 Å². The van der Waals surface area contributed by atoms with Gasteiger partial charge in [-0.1, -0.05) is 12.1 Å². The molecule has 0 aliphatic heterocycles. The molecule has 0 aromatic heterocycles. The van der Waals surface area contributed by atoms with Crippen LogP contribution in [0.1, 0.15) is 13.3 Å². The molecular formula is C10H11BrO2S. The van der Waals surface area contributed by atoms with Crippen LogP contribution in [0.5, 0.6) is 0 Å². The van der Waals surface area contributed by atoms with E-state index in [2.05, 4.69) is 15.9 Å². The summed E-state index contributed by atoms with van der Waals surface area (Å²) in [6.07, 6.45) is 0.369. The number of Topliss-reactive ketones (excluding diaryl/α,β-unsaturated/α-hetero) is 1. The molecular weight excluding hydrogens is 264 g/mol. The molecule has 0 aliphatic carbocycles. The molecule has 1 rings (SSSR count). The van der Waals surface area contributed by atoms with Gasteiger partial charge in [-0.25, -0.2) is 0 Å². The van der Waals surface area contributed by atoms with Crippen molar-refractivity contribution in [1.29, 1.82) is 0 Å². The fourth-order valence-corrected chi connectivity index (χ4v) is 3.01. The second-order valence-electron chi connectivity index (χ2n) is 2.93. The van der Waals surface area contributed by atoms with Gasteiger partial charge in [-0.15, -0.1) is 0 Å². The van der Waals surface area contributed by atoms with Crippen LogP contribution < -0.4 is 0 Å². The van der Waals surface area contributed by atoms with Gasteiger partial charge in [0.05, 0.1) is 15.7 Å². The molecule has 0 saturated heterocycles. The first-order chi connectivity index (χ1) is 6.61. The Bertz CT molecular complexity index is 363. The Morgan fingerprint density at radius 3 is 2.64 bits per heavy atom. The molecule has 0 amide bonds. The third-order valence-corrected chi connectivity index (χ3v) is 4.10. The highest BCUT2D eigenvalue weighted by Crippen LogP contribution is 2.19. The highest BCUT2D eigenvalue weighted by atomic mass is 79.9. The zero-order valence-corrected chi connectivity index (χ0v) is 10.2. The highest BCUT2D eigenvalue weighted by Gasteiger charge is 2.07. The van der Waals surface area contributed by atoms with E-state index in [1.165, 1.54) is 6.92 Å². The van der Waals surface area contributed by atoms with Crippen molar-refractivity contribution in [2.75, 3.05) is 5.75 Å². The number of halogens is 1. The van der Waals surface area contributed by atoms with Gasteiger partial charge in [-0.2, -0.15) is 0 Å². The summed E-state index contributed by atoms with van der Waals surface area (Å²) in [5.41, 5.74) is 0. The van der Waals surface area contributed by atoms with E-state index in [4.69, 9.17) is 0 Å². The Morgan fingerprint density at radius 2 is 2.07 bits per heavy atom. The lowest BCUT2D eigenvalue weighted by molar-refractivity contribution is -0.116. The quantitative estimate of drug-likeness (QED) is 0.846. The van der Waals surface area contributed by atoms with Crippen LogP contribution in [-0.4, -0.2) is 15.7 Å². The normalized spacial score (nSPS) is 12.4. The molecule has 0 aliphatic rings. The highest BCUT2D eigenvalue weighted by molar-refractivity contribution is 9.10. The van der Waals surface area contributed by atoms with Crippen molar-refractivity contribution in [3.05, 3.63) is 28.7 Å². The Morgan fingerprint density at radius 1 is 1.43 bits per heavy atom. The van der Waals surface area contributed by atoms with Gasteiger partial charge in [0.25, 0.3) is 0 Å². The van der Waals surface area contributed by atoms with Crippen LogP contribution in [0, 0.1) is 0 Å². The molecule has 0 fully saturated rings. The largest absolute Gasteiger partial charge is 0.300 e. The molecule has 0 spiro atoms. The van der Waals surface area contributed by atoms with Gasteiger partial charge in [-0.3, -0.25) is 9.00 Å². The first kappa shape index (κ1) is 11.6. The van der Waals surface area contributed by atoms with Crippen LogP contribution in [0.3, 0.4) is 0 Å². The van der Waals surface area contributed by atoms with Crippen molar-refractivity contribution in [3.8, 4) is 0 Å². The lowest BCUT2D eigenvalue weighted by Crippen LogP contribution is -2.03. The van der Waals surface area contributed by atoms with Crippen molar-refractivity contribution in [2.45, 2.75) is 18.2 Å². The Kier molecular flexibility index (Phi) is 4.48. The van der Waals surface area contributed by atoms with Gasteiger partial charge in [0.2, 0.25) is 0 Å². The molecule has 0 saturated carbocycles. The summed E-state index contributed by atoms with van der Waals surface area (Å²) in [4.78, 5) is 11.5. The summed E-state index contributed by atoms with van der Waals surface area (Å²) < 4.78 is 12.5. The van der Waals surface area contributed by atoms with Gasteiger partial charge in [0, 0.05) is 16.6 Å². The molecule has 1 unspecified atom stereocenters. The summed E-state index contributed by atoms with van der Waals surface area (Å²) >= 11 is 3.33. The van der Waals surface area contributed by atoms with Crippen LogP contribution in [0.2, 0.25) is 0 Å². The molecule has 1 aromatic carbocycles. The Hall–Kier alpha value is -0.480. The molecule has 76 valence electrons. The van der Waals surface area contributed by atoms with Crippen LogP contribution in [-0.2, 0) is 15.6 Å². The van der Waals surface area contributed by atoms with Crippen molar-refractivity contribution >= 4 is 32.5 Å². The third kappa shape index (κ3) is 3.35. The molecule has 0 radical (unpaired) electrons. The lowest BCUT2D eigenvalue weighted by Gasteiger charge is -2.02. The SMILES string of the molecule is CC(=O)CCS(=O)c1ccccc1Br. The van der Waals surface area contributed by atoms with Crippen molar-refractivity contribution in [3.63, 3.8) is 0 Å². The topological polar surface area (TPSA) is 34.1 Å².